The summed E-state index contributed by atoms with van der Waals surface area (Å²) in [6.07, 6.45) is 5.60. The SMILES string of the molecule is Cc1cc(C[NH2+][C@@H](C)c2ccncc2)c(C)n1-c1ccnn1C(C)C. The molecule has 0 aliphatic rings. The molecule has 0 aromatic carbocycles. The summed E-state index contributed by atoms with van der Waals surface area (Å²) in [6.45, 7) is 11.9. The van der Waals surface area contributed by atoms with Crippen LogP contribution in [0.4, 0.5) is 0 Å². The maximum Gasteiger partial charge on any atom is 0.135 e. The van der Waals surface area contributed by atoms with Crippen molar-refractivity contribution in [1.29, 1.82) is 0 Å². The molecule has 0 amide bonds. The normalized spacial score (nSPS) is 12.7. The third-order valence-electron chi connectivity index (χ3n) is 4.83. The molecule has 0 unspecified atom stereocenters. The van der Waals surface area contributed by atoms with Crippen molar-refractivity contribution in [3.8, 4) is 5.82 Å². The van der Waals surface area contributed by atoms with E-state index in [1.165, 1.54) is 22.5 Å². The molecule has 0 radical (unpaired) electrons. The third kappa shape index (κ3) is 3.51. The molecule has 0 bridgehead atoms. The van der Waals surface area contributed by atoms with Crippen molar-refractivity contribution in [1.82, 2.24) is 19.3 Å². The number of nitrogens with two attached hydrogens (primary N) is 1. The second-order valence-corrected chi connectivity index (χ2v) is 6.97. The Morgan fingerprint density at radius 1 is 1.04 bits per heavy atom. The average Bonchev–Trinajstić information content (AvgIpc) is 3.18. The van der Waals surface area contributed by atoms with Crippen LogP contribution in [0.3, 0.4) is 0 Å². The maximum absolute atomic E-state index is 4.48. The van der Waals surface area contributed by atoms with E-state index in [0.717, 1.165) is 12.4 Å². The summed E-state index contributed by atoms with van der Waals surface area (Å²) in [5, 5.41) is 6.86. The van der Waals surface area contributed by atoms with E-state index in [4.69, 9.17) is 0 Å². The van der Waals surface area contributed by atoms with Crippen LogP contribution in [0, 0.1) is 13.8 Å². The summed E-state index contributed by atoms with van der Waals surface area (Å²) in [7, 11) is 0. The highest BCUT2D eigenvalue weighted by Gasteiger charge is 2.17. The summed E-state index contributed by atoms with van der Waals surface area (Å²) in [4.78, 5) is 4.10. The molecule has 132 valence electrons. The second kappa shape index (κ2) is 7.23. The fraction of sp³-hybridized carbons (Fsp3) is 0.400. The van der Waals surface area contributed by atoms with Crippen molar-refractivity contribution in [3.63, 3.8) is 0 Å². The van der Waals surface area contributed by atoms with Crippen molar-refractivity contribution < 1.29 is 5.32 Å². The maximum atomic E-state index is 4.48. The third-order valence-corrected chi connectivity index (χ3v) is 4.83. The fourth-order valence-corrected chi connectivity index (χ4v) is 3.38. The number of nitrogens with zero attached hydrogens (tertiary/aromatic N) is 4. The van der Waals surface area contributed by atoms with Gasteiger partial charge in [-0.15, -0.1) is 0 Å². The van der Waals surface area contributed by atoms with Gasteiger partial charge < -0.3 is 9.88 Å². The van der Waals surface area contributed by atoms with Gasteiger partial charge >= 0.3 is 0 Å². The Morgan fingerprint density at radius 2 is 1.76 bits per heavy atom. The number of hydrogen-bond donors (Lipinski definition) is 1. The predicted octanol–water partition coefficient (Wildman–Crippen LogP) is 3.09. The second-order valence-electron chi connectivity index (χ2n) is 6.97. The van der Waals surface area contributed by atoms with Gasteiger partial charge in [0.15, 0.2) is 0 Å². The van der Waals surface area contributed by atoms with Gasteiger partial charge in [0, 0.05) is 47.0 Å². The number of pyridine rings is 1. The quantitative estimate of drug-likeness (QED) is 0.751. The van der Waals surface area contributed by atoms with Gasteiger partial charge in [0.1, 0.15) is 18.4 Å². The Morgan fingerprint density at radius 3 is 2.44 bits per heavy atom. The van der Waals surface area contributed by atoms with Crippen LogP contribution in [0.15, 0.2) is 42.9 Å². The lowest BCUT2D eigenvalue weighted by molar-refractivity contribution is -0.708. The minimum Gasteiger partial charge on any atom is -0.336 e. The first-order valence-electron chi connectivity index (χ1n) is 8.94. The zero-order valence-corrected chi connectivity index (χ0v) is 15.8. The highest BCUT2D eigenvalue weighted by Crippen LogP contribution is 2.22. The first kappa shape index (κ1) is 17.4. The lowest BCUT2D eigenvalue weighted by Crippen LogP contribution is -2.83. The van der Waals surface area contributed by atoms with Crippen LogP contribution in [0.1, 0.15) is 55.4 Å². The predicted molar refractivity (Wildman–Crippen MR) is 99.7 cm³/mol. The molecule has 5 nitrogen and oxygen atoms in total. The molecule has 0 fully saturated rings. The van der Waals surface area contributed by atoms with Gasteiger partial charge in [-0.1, -0.05) is 0 Å². The highest BCUT2D eigenvalue weighted by molar-refractivity contribution is 5.36. The fourth-order valence-electron chi connectivity index (χ4n) is 3.38. The monoisotopic (exact) mass is 338 g/mol. The molecule has 0 saturated carbocycles. The Labute approximate surface area is 149 Å². The van der Waals surface area contributed by atoms with E-state index >= 15 is 0 Å². The molecule has 3 aromatic rings. The summed E-state index contributed by atoms with van der Waals surface area (Å²) in [6, 6.07) is 9.31. The van der Waals surface area contributed by atoms with Gasteiger partial charge in [0.05, 0.1) is 6.20 Å². The lowest BCUT2D eigenvalue weighted by atomic mass is 10.1. The minimum absolute atomic E-state index is 0.341. The van der Waals surface area contributed by atoms with E-state index in [-0.39, 0.29) is 0 Å². The standard InChI is InChI=1S/C20H27N5/c1-14(2)25-20(8-11-23-25)24-15(3)12-19(17(24)5)13-22-16(4)18-6-9-21-10-7-18/h6-12,14,16,22H,13H2,1-5H3/p+1/t16-/m0/s1. The molecule has 0 saturated heterocycles. The van der Waals surface area contributed by atoms with Crippen LogP contribution < -0.4 is 5.32 Å². The van der Waals surface area contributed by atoms with Crippen molar-refractivity contribution in [3.05, 3.63) is 65.4 Å². The van der Waals surface area contributed by atoms with Gasteiger partial charge in [-0.25, -0.2) is 4.68 Å². The van der Waals surface area contributed by atoms with E-state index in [2.05, 4.69) is 83.5 Å². The van der Waals surface area contributed by atoms with Crippen molar-refractivity contribution in [2.45, 2.75) is 53.2 Å². The van der Waals surface area contributed by atoms with Crippen LogP contribution in [-0.2, 0) is 6.54 Å². The van der Waals surface area contributed by atoms with Crippen molar-refractivity contribution in [2.24, 2.45) is 0 Å². The zero-order valence-electron chi connectivity index (χ0n) is 15.8. The molecule has 0 aliphatic carbocycles. The van der Waals surface area contributed by atoms with E-state index in [1.807, 2.05) is 18.6 Å². The topological polar surface area (TPSA) is 52.2 Å². The van der Waals surface area contributed by atoms with E-state index in [9.17, 15) is 0 Å². The lowest BCUT2D eigenvalue weighted by Gasteiger charge is -2.15. The van der Waals surface area contributed by atoms with Gasteiger partial charge in [-0.05, 0) is 52.8 Å². The molecule has 0 aliphatic heterocycles. The molecular formula is C20H28N5+. The molecule has 3 rings (SSSR count). The smallest absolute Gasteiger partial charge is 0.135 e. The number of aromatic nitrogens is 4. The number of aryl methyl sites for hydroxylation is 1. The molecular weight excluding hydrogens is 310 g/mol. The zero-order chi connectivity index (χ0) is 18.0. The minimum atomic E-state index is 0.341. The van der Waals surface area contributed by atoms with Gasteiger partial charge in [-0.2, -0.15) is 5.10 Å². The van der Waals surface area contributed by atoms with Gasteiger partial charge in [0.25, 0.3) is 0 Å². The first-order chi connectivity index (χ1) is 12.0. The Kier molecular flexibility index (Phi) is 5.04. The number of rotatable bonds is 6. The van der Waals surface area contributed by atoms with E-state index in [1.54, 1.807) is 0 Å². The van der Waals surface area contributed by atoms with Crippen molar-refractivity contribution in [2.75, 3.05) is 0 Å². The Bertz CT molecular complexity index is 829. The largest absolute Gasteiger partial charge is 0.336 e. The summed E-state index contributed by atoms with van der Waals surface area (Å²) < 4.78 is 4.39. The summed E-state index contributed by atoms with van der Waals surface area (Å²) in [5.41, 5.74) is 5.22. The summed E-state index contributed by atoms with van der Waals surface area (Å²) in [5.74, 6) is 1.14. The molecule has 0 spiro atoms. The molecule has 3 heterocycles. The van der Waals surface area contributed by atoms with Crippen LogP contribution in [0.5, 0.6) is 0 Å². The molecule has 1 atom stereocenters. The van der Waals surface area contributed by atoms with Crippen LogP contribution in [-0.4, -0.2) is 19.3 Å². The highest BCUT2D eigenvalue weighted by atomic mass is 15.3. The number of hydrogen-bond acceptors (Lipinski definition) is 2. The Hall–Kier alpha value is -2.40. The van der Waals surface area contributed by atoms with Gasteiger partial charge in [0.2, 0.25) is 0 Å². The molecule has 3 aromatic heterocycles. The van der Waals surface area contributed by atoms with E-state index in [0.29, 0.717) is 12.1 Å². The molecule has 2 N–H and O–H groups in total. The first-order valence-corrected chi connectivity index (χ1v) is 8.94. The molecule has 25 heavy (non-hydrogen) atoms. The molecule has 5 heteroatoms. The average molecular weight is 338 g/mol. The van der Waals surface area contributed by atoms with Gasteiger partial charge in [-0.3, -0.25) is 4.98 Å². The van der Waals surface area contributed by atoms with Crippen LogP contribution in [0.25, 0.3) is 5.82 Å². The van der Waals surface area contributed by atoms with Crippen LogP contribution in [0.2, 0.25) is 0 Å². The number of quaternary nitrogens is 1. The van der Waals surface area contributed by atoms with Crippen molar-refractivity contribution >= 4 is 0 Å². The van der Waals surface area contributed by atoms with Crippen LogP contribution >= 0.6 is 0 Å². The van der Waals surface area contributed by atoms with E-state index < -0.39 is 0 Å². The summed E-state index contributed by atoms with van der Waals surface area (Å²) >= 11 is 0. The Balaban J connectivity index is 1.82.